The van der Waals surface area contributed by atoms with Gasteiger partial charge in [-0.25, -0.2) is 4.98 Å². The molecule has 0 N–H and O–H groups in total. The summed E-state index contributed by atoms with van der Waals surface area (Å²) in [7, 11) is 0. The third-order valence-corrected chi connectivity index (χ3v) is 12.2. The van der Waals surface area contributed by atoms with E-state index in [9.17, 15) is 0 Å². The maximum atomic E-state index is 4.84. The molecule has 8 aromatic carbocycles. The maximum absolute atomic E-state index is 4.84. The number of nitrogens with zero attached hydrogens (tertiary/aromatic N) is 5. The van der Waals surface area contributed by atoms with Crippen LogP contribution in [0.4, 0.5) is 0 Å². The highest BCUT2D eigenvalue weighted by Crippen LogP contribution is 2.40. The van der Waals surface area contributed by atoms with Crippen molar-refractivity contribution in [1.82, 2.24) is 23.3 Å². The minimum Gasteiger partial charge on any atom is -0.309 e. The van der Waals surface area contributed by atoms with Crippen molar-refractivity contribution in [2.45, 2.75) is 0 Å². The zero-order valence-corrected chi connectivity index (χ0v) is 31.3. The highest BCUT2D eigenvalue weighted by atomic mass is 15.1. The lowest BCUT2D eigenvalue weighted by molar-refractivity contribution is 1.12. The Morgan fingerprint density at radius 3 is 1.00 bits per heavy atom. The van der Waals surface area contributed by atoms with E-state index >= 15 is 0 Å². The van der Waals surface area contributed by atoms with Gasteiger partial charge in [-0.05, 0) is 103 Å². The van der Waals surface area contributed by atoms with E-state index in [0.717, 1.165) is 50.3 Å². The van der Waals surface area contributed by atoms with Crippen molar-refractivity contribution in [2.75, 3.05) is 0 Å². The SMILES string of the molecule is c1ccc2c(c1)c1ccccc1n2-c1ccc2c(c1)c1cc(-n3c4ccccc4c4ccccc43)ccc1n2-c1ccc(-n2c3ccccc3c3cccnc32)cc1. The van der Waals surface area contributed by atoms with Crippen LogP contribution in [0.15, 0.2) is 200 Å². The molecule has 58 heavy (non-hydrogen) atoms. The van der Waals surface area contributed by atoms with Crippen LogP contribution in [-0.2, 0) is 0 Å². The predicted octanol–water partition coefficient (Wildman–Crippen LogP) is 13.5. The summed E-state index contributed by atoms with van der Waals surface area (Å²) in [6.45, 7) is 0. The van der Waals surface area contributed by atoms with Gasteiger partial charge in [0.1, 0.15) is 5.65 Å². The first kappa shape index (κ1) is 31.3. The molecular formula is C53H33N5. The van der Waals surface area contributed by atoms with Crippen LogP contribution in [0.2, 0.25) is 0 Å². The molecule has 0 aliphatic carbocycles. The largest absolute Gasteiger partial charge is 0.309 e. The summed E-state index contributed by atoms with van der Waals surface area (Å²) in [5.74, 6) is 0. The Bertz CT molecular complexity index is 3470. The number of benzene rings is 8. The molecule has 5 heteroatoms. The van der Waals surface area contributed by atoms with Crippen molar-refractivity contribution in [2.24, 2.45) is 0 Å². The molecule has 0 amide bonds. The molecule has 5 nitrogen and oxygen atoms in total. The molecule has 0 bridgehead atoms. The van der Waals surface area contributed by atoms with Crippen LogP contribution < -0.4 is 0 Å². The molecule has 0 spiro atoms. The van der Waals surface area contributed by atoms with Gasteiger partial charge in [-0.2, -0.15) is 0 Å². The van der Waals surface area contributed by atoms with Crippen LogP contribution in [0.25, 0.3) is 110 Å². The molecule has 0 atom stereocenters. The summed E-state index contributed by atoms with van der Waals surface area (Å²) in [4.78, 5) is 4.84. The van der Waals surface area contributed by atoms with Gasteiger partial charge in [0.2, 0.25) is 0 Å². The van der Waals surface area contributed by atoms with Crippen LogP contribution in [0.1, 0.15) is 0 Å². The molecule has 270 valence electrons. The molecule has 0 fully saturated rings. The van der Waals surface area contributed by atoms with E-state index in [1.807, 2.05) is 12.3 Å². The molecule has 13 aromatic rings. The molecule has 0 radical (unpaired) electrons. The standard InChI is InChI=1S/C53H33N5/c1-6-18-46-38(12-1)39-13-2-7-19-47(39)56(46)36-27-29-51-44(32-36)45-33-37(57-48-20-8-3-14-40(48)41-15-4-9-21-49(41)57)28-30-52(45)55(51)34-23-25-35(26-24-34)58-50-22-10-5-16-42(50)43-17-11-31-54-53(43)58/h1-33H. The Kier molecular flexibility index (Phi) is 6.38. The summed E-state index contributed by atoms with van der Waals surface area (Å²) in [6.07, 6.45) is 1.88. The second-order valence-corrected chi connectivity index (χ2v) is 15.2. The van der Waals surface area contributed by atoms with Gasteiger partial charge >= 0.3 is 0 Å². The molecule has 5 heterocycles. The Labute approximate surface area is 332 Å². The van der Waals surface area contributed by atoms with Gasteiger partial charge in [-0.15, -0.1) is 0 Å². The average molecular weight is 740 g/mol. The molecule has 13 rings (SSSR count). The van der Waals surface area contributed by atoms with Gasteiger partial charge in [-0.3, -0.25) is 4.57 Å². The molecule has 0 saturated heterocycles. The third-order valence-electron chi connectivity index (χ3n) is 12.2. The normalized spacial score (nSPS) is 12.1. The van der Waals surface area contributed by atoms with Crippen molar-refractivity contribution in [3.05, 3.63) is 200 Å². The van der Waals surface area contributed by atoms with Crippen molar-refractivity contribution >= 4 is 87.4 Å². The number of aromatic nitrogens is 5. The Morgan fingerprint density at radius 2 is 0.552 bits per heavy atom. The van der Waals surface area contributed by atoms with Crippen molar-refractivity contribution in [3.8, 4) is 22.7 Å². The fraction of sp³-hybridized carbons (Fsp3) is 0. The van der Waals surface area contributed by atoms with Crippen molar-refractivity contribution in [3.63, 3.8) is 0 Å². The molecular weight excluding hydrogens is 707 g/mol. The first-order valence-corrected chi connectivity index (χ1v) is 19.8. The van der Waals surface area contributed by atoms with Gasteiger partial charge in [0, 0.05) is 72.0 Å². The van der Waals surface area contributed by atoms with E-state index in [1.54, 1.807) is 0 Å². The Balaban J connectivity index is 1.07. The molecule has 0 saturated carbocycles. The lowest BCUT2D eigenvalue weighted by Gasteiger charge is -2.12. The minimum absolute atomic E-state index is 0.962. The van der Waals surface area contributed by atoms with Crippen LogP contribution in [0.3, 0.4) is 0 Å². The fourth-order valence-electron chi connectivity index (χ4n) is 9.77. The van der Waals surface area contributed by atoms with Crippen LogP contribution >= 0.6 is 0 Å². The highest BCUT2D eigenvalue weighted by molar-refractivity contribution is 6.14. The number of fused-ring (bicyclic) bond motifs is 12. The summed E-state index contributed by atoms with van der Waals surface area (Å²) >= 11 is 0. The first-order chi connectivity index (χ1) is 28.8. The smallest absolute Gasteiger partial charge is 0.145 e. The summed E-state index contributed by atoms with van der Waals surface area (Å²) in [6, 6.07) is 70.6. The maximum Gasteiger partial charge on any atom is 0.145 e. The van der Waals surface area contributed by atoms with Gasteiger partial charge in [0.05, 0.1) is 38.6 Å². The molecule has 5 aromatic heterocycles. The molecule has 0 aliphatic rings. The Hall–Kier alpha value is -7.89. The van der Waals surface area contributed by atoms with Crippen LogP contribution in [0, 0.1) is 0 Å². The zero-order valence-electron chi connectivity index (χ0n) is 31.3. The summed E-state index contributed by atoms with van der Waals surface area (Å²) in [5.41, 5.74) is 13.7. The quantitative estimate of drug-likeness (QED) is 0.177. The third kappa shape index (κ3) is 4.27. The van der Waals surface area contributed by atoms with E-state index in [2.05, 4.69) is 206 Å². The van der Waals surface area contributed by atoms with Gasteiger partial charge in [0.15, 0.2) is 0 Å². The molecule has 0 aliphatic heterocycles. The van der Waals surface area contributed by atoms with Crippen LogP contribution in [-0.4, -0.2) is 23.3 Å². The zero-order chi connectivity index (χ0) is 37.9. The number of hydrogen-bond acceptors (Lipinski definition) is 1. The van der Waals surface area contributed by atoms with Crippen molar-refractivity contribution < 1.29 is 0 Å². The topological polar surface area (TPSA) is 32.6 Å². The van der Waals surface area contributed by atoms with E-state index in [-0.39, 0.29) is 0 Å². The monoisotopic (exact) mass is 739 g/mol. The van der Waals surface area contributed by atoms with E-state index < -0.39 is 0 Å². The number of pyridine rings is 1. The van der Waals surface area contributed by atoms with Gasteiger partial charge in [-0.1, -0.05) is 91.0 Å². The minimum atomic E-state index is 0.962. The van der Waals surface area contributed by atoms with E-state index in [0.29, 0.717) is 0 Å². The summed E-state index contributed by atoms with van der Waals surface area (Å²) < 4.78 is 9.53. The van der Waals surface area contributed by atoms with Crippen LogP contribution in [0.5, 0.6) is 0 Å². The Morgan fingerprint density at radius 1 is 0.241 bits per heavy atom. The van der Waals surface area contributed by atoms with E-state index in [1.165, 1.54) is 59.8 Å². The van der Waals surface area contributed by atoms with Gasteiger partial charge < -0.3 is 13.7 Å². The predicted molar refractivity (Wildman–Crippen MR) is 242 cm³/mol. The number of para-hydroxylation sites is 5. The van der Waals surface area contributed by atoms with Crippen molar-refractivity contribution in [1.29, 1.82) is 0 Å². The second-order valence-electron chi connectivity index (χ2n) is 15.2. The van der Waals surface area contributed by atoms with E-state index in [4.69, 9.17) is 4.98 Å². The van der Waals surface area contributed by atoms with Gasteiger partial charge in [0.25, 0.3) is 0 Å². The second kappa shape index (κ2) is 11.8. The number of rotatable bonds is 4. The summed E-state index contributed by atoms with van der Waals surface area (Å²) in [5, 5.41) is 9.79. The number of hydrogen-bond donors (Lipinski definition) is 0. The fourth-order valence-corrected chi connectivity index (χ4v) is 9.77. The average Bonchev–Trinajstić information content (AvgIpc) is 4.01. The highest BCUT2D eigenvalue weighted by Gasteiger charge is 2.19. The first-order valence-electron chi connectivity index (χ1n) is 19.8. The lowest BCUT2D eigenvalue weighted by atomic mass is 10.1. The lowest BCUT2D eigenvalue weighted by Crippen LogP contribution is -1.98. The molecule has 0 unspecified atom stereocenters.